The Morgan fingerprint density at radius 1 is 1.39 bits per heavy atom. The van der Waals surface area contributed by atoms with Crippen molar-refractivity contribution in [2.75, 3.05) is 16.8 Å². The average molecular weight is 328 g/mol. The van der Waals surface area contributed by atoms with Crippen LogP contribution in [0, 0.1) is 6.92 Å². The summed E-state index contributed by atoms with van der Waals surface area (Å²) in [6.07, 6.45) is 5.85. The van der Waals surface area contributed by atoms with Gasteiger partial charge in [0.25, 0.3) is 0 Å². The van der Waals surface area contributed by atoms with Gasteiger partial charge in [-0.05, 0) is 24.3 Å². The van der Waals surface area contributed by atoms with Crippen LogP contribution in [0.5, 0.6) is 0 Å². The third kappa shape index (κ3) is 2.35. The Morgan fingerprint density at radius 3 is 3.04 bits per heavy atom. The van der Waals surface area contributed by atoms with E-state index in [4.69, 9.17) is 0 Å². The van der Waals surface area contributed by atoms with Gasteiger partial charge in [0, 0.05) is 19.8 Å². The lowest BCUT2D eigenvalue weighted by molar-refractivity contribution is -0.117. The van der Waals surface area contributed by atoms with Crippen LogP contribution < -0.4 is 10.2 Å². The Kier molecular flexibility index (Phi) is 3.26. The molecule has 0 saturated carbocycles. The van der Waals surface area contributed by atoms with Crippen molar-refractivity contribution in [2.45, 2.75) is 19.4 Å². The topological polar surface area (TPSA) is 75.9 Å². The van der Waals surface area contributed by atoms with Crippen LogP contribution in [0.1, 0.15) is 12.0 Å². The van der Waals surface area contributed by atoms with Gasteiger partial charge in [-0.3, -0.25) is 9.48 Å². The third-order valence-electron chi connectivity index (χ3n) is 4.05. The van der Waals surface area contributed by atoms with E-state index in [1.807, 2.05) is 20.2 Å². The number of hydrogen-bond acceptors (Lipinski definition) is 6. The number of anilines is 2. The molecule has 118 valence electrons. The Balaban J connectivity index is 1.58. The van der Waals surface area contributed by atoms with E-state index in [2.05, 4.69) is 25.8 Å². The zero-order valence-corrected chi connectivity index (χ0v) is 13.7. The van der Waals surface area contributed by atoms with Crippen LogP contribution in [0.15, 0.2) is 24.1 Å². The van der Waals surface area contributed by atoms with Crippen LogP contribution in [-0.2, 0) is 11.8 Å². The Hall–Kier alpha value is -2.48. The van der Waals surface area contributed by atoms with Gasteiger partial charge in [-0.2, -0.15) is 5.10 Å². The molecule has 1 fully saturated rings. The molecule has 7 nitrogen and oxygen atoms in total. The van der Waals surface area contributed by atoms with Crippen molar-refractivity contribution in [3.8, 4) is 0 Å². The van der Waals surface area contributed by atoms with Crippen LogP contribution >= 0.6 is 11.3 Å². The number of fused-ring (bicyclic) bond motifs is 1. The van der Waals surface area contributed by atoms with Gasteiger partial charge in [0.15, 0.2) is 0 Å². The Morgan fingerprint density at radius 2 is 2.26 bits per heavy atom. The van der Waals surface area contributed by atoms with Crippen molar-refractivity contribution >= 4 is 39.0 Å². The van der Waals surface area contributed by atoms with Gasteiger partial charge in [0.2, 0.25) is 5.91 Å². The molecule has 1 amide bonds. The molecule has 0 bridgehead atoms. The summed E-state index contributed by atoms with van der Waals surface area (Å²) >= 11 is 1.60. The van der Waals surface area contributed by atoms with Crippen molar-refractivity contribution in [3.63, 3.8) is 0 Å². The molecule has 23 heavy (non-hydrogen) atoms. The number of thiophene rings is 1. The number of aromatic nitrogens is 4. The first-order valence-corrected chi connectivity index (χ1v) is 8.27. The molecule has 4 heterocycles. The number of hydrogen-bond donors (Lipinski definition) is 1. The van der Waals surface area contributed by atoms with E-state index in [0.717, 1.165) is 33.7 Å². The van der Waals surface area contributed by atoms with Gasteiger partial charge in [-0.15, -0.1) is 11.3 Å². The number of carbonyl (C=O) groups excluding carboxylic acids is 1. The molecule has 4 rings (SSSR count). The number of carbonyl (C=O) groups is 1. The van der Waals surface area contributed by atoms with Crippen LogP contribution in [-0.4, -0.2) is 38.2 Å². The fourth-order valence-electron chi connectivity index (χ4n) is 2.86. The molecule has 1 saturated heterocycles. The highest BCUT2D eigenvalue weighted by atomic mass is 32.1. The van der Waals surface area contributed by atoms with E-state index in [1.54, 1.807) is 33.4 Å². The van der Waals surface area contributed by atoms with Crippen molar-refractivity contribution < 1.29 is 4.79 Å². The molecule has 0 aromatic carbocycles. The molecule has 1 aliphatic heterocycles. The first kappa shape index (κ1) is 14.1. The van der Waals surface area contributed by atoms with E-state index in [1.165, 1.54) is 0 Å². The molecule has 0 spiro atoms. The predicted octanol–water partition coefficient (Wildman–Crippen LogP) is 1.95. The lowest BCUT2D eigenvalue weighted by Crippen LogP contribution is -2.33. The number of nitrogens with zero attached hydrogens (tertiary/aromatic N) is 5. The van der Waals surface area contributed by atoms with Crippen LogP contribution in [0.3, 0.4) is 0 Å². The molecule has 1 aliphatic rings. The van der Waals surface area contributed by atoms with Gasteiger partial charge in [-0.1, -0.05) is 0 Å². The smallest absolute Gasteiger partial charge is 0.249 e. The summed E-state index contributed by atoms with van der Waals surface area (Å²) in [5.74, 6) is 0.789. The Bertz CT molecular complexity index is 885. The predicted molar refractivity (Wildman–Crippen MR) is 89.7 cm³/mol. The first-order chi connectivity index (χ1) is 11.1. The van der Waals surface area contributed by atoms with E-state index >= 15 is 0 Å². The number of aryl methyl sites for hydroxylation is 2. The maximum Gasteiger partial charge on any atom is 0.249 e. The Labute approximate surface area is 137 Å². The fraction of sp³-hybridized carbons (Fsp3) is 0.333. The molecular weight excluding hydrogens is 312 g/mol. The zero-order valence-electron chi connectivity index (χ0n) is 12.9. The highest BCUT2D eigenvalue weighted by Gasteiger charge is 2.33. The largest absolute Gasteiger partial charge is 0.357 e. The van der Waals surface area contributed by atoms with Crippen molar-refractivity contribution in [1.29, 1.82) is 0 Å². The van der Waals surface area contributed by atoms with E-state index < -0.39 is 0 Å². The minimum atomic E-state index is -0.268. The standard InChI is InChI=1S/C15H16N6OS/c1-9-7-23-13-12(9)16-8-17-14(13)19-11-3-4-21(15(11)22)10-5-18-20(2)6-10/h5-8,11H,3-4H2,1-2H3,(H,16,17,19)/t11-/m0/s1. The third-order valence-corrected chi connectivity index (χ3v) is 5.14. The summed E-state index contributed by atoms with van der Waals surface area (Å²) in [5.41, 5.74) is 2.91. The fourth-order valence-corrected chi connectivity index (χ4v) is 3.81. The minimum Gasteiger partial charge on any atom is -0.357 e. The molecule has 1 N–H and O–H groups in total. The number of rotatable bonds is 3. The van der Waals surface area contributed by atoms with E-state index in [0.29, 0.717) is 6.54 Å². The van der Waals surface area contributed by atoms with E-state index in [9.17, 15) is 4.79 Å². The van der Waals surface area contributed by atoms with Crippen molar-refractivity contribution in [3.05, 3.63) is 29.7 Å². The normalized spacial score (nSPS) is 18.1. The van der Waals surface area contributed by atoms with Crippen LogP contribution in [0.4, 0.5) is 11.5 Å². The quantitative estimate of drug-likeness (QED) is 0.795. The van der Waals surface area contributed by atoms with Gasteiger partial charge in [0.1, 0.15) is 18.2 Å². The highest BCUT2D eigenvalue weighted by Crippen LogP contribution is 2.30. The minimum absolute atomic E-state index is 0.0537. The lowest BCUT2D eigenvalue weighted by Gasteiger charge is -2.15. The number of nitrogens with one attached hydrogen (secondary N) is 1. The van der Waals surface area contributed by atoms with Gasteiger partial charge >= 0.3 is 0 Å². The molecule has 0 aliphatic carbocycles. The summed E-state index contributed by atoms with van der Waals surface area (Å²) in [4.78, 5) is 23.0. The van der Waals surface area contributed by atoms with Gasteiger partial charge in [-0.25, -0.2) is 9.97 Å². The second-order valence-corrected chi connectivity index (χ2v) is 6.55. The maximum atomic E-state index is 12.6. The summed E-state index contributed by atoms with van der Waals surface area (Å²) in [5, 5.41) is 9.48. The maximum absolute atomic E-state index is 12.6. The molecule has 0 unspecified atom stereocenters. The highest BCUT2D eigenvalue weighted by molar-refractivity contribution is 7.18. The van der Waals surface area contributed by atoms with Crippen LogP contribution in [0.25, 0.3) is 10.2 Å². The summed E-state index contributed by atoms with van der Waals surface area (Å²) in [6, 6.07) is -0.268. The summed E-state index contributed by atoms with van der Waals surface area (Å²) in [7, 11) is 1.84. The van der Waals surface area contributed by atoms with E-state index in [-0.39, 0.29) is 11.9 Å². The summed E-state index contributed by atoms with van der Waals surface area (Å²) < 4.78 is 2.70. The van der Waals surface area contributed by atoms with Crippen molar-refractivity contribution in [1.82, 2.24) is 19.7 Å². The first-order valence-electron chi connectivity index (χ1n) is 7.39. The lowest BCUT2D eigenvalue weighted by atomic mass is 10.2. The summed E-state index contributed by atoms with van der Waals surface area (Å²) in [6.45, 7) is 2.71. The zero-order chi connectivity index (χ0) is 16.0. The average Bonchev–Trinajstić information content (AvgIpc) is 3.22. The second-order valence-electron chi connectivity index (χ2n) is 5.67. The van der Waals surface area contributed by atoms with Gasteiger partial charge in [0.05, 0.1) is 22.1 Å². The molecule has 8 heteroatoms. The molecule has 3 aromatic heterocycles. The SMILES string of the molecule is Cc1csc2c(N[C@H]3CCN(c4cnn(C)c4)C3=O)ncnc12. The molecule has 3 aromatic rings. The number of amides is 1. The monoisotopic (exact) mass is 328 g/mol. The molecular formula is C15H16N6OS. The molecule has 1 atom stereocenters. The van der Waals surface area contributed by atoms with Crippen molar-refractivity contribution in [2.24, 2.45) is 7.05 Å². The second kappa shape index (κ2) is 5.31. The van der Waals surface area contributed by atoms with Crippen LogP contribution in [0.2, 0.25) is 0 Å². The molecule has 0 radical (unpaired) electrons. The van der Waals surface area contributed by atoms with Gasteiger partial charge < -0.3 is 10.2 Å².